The maximum Gasteiger partial charge on any atom is 0.332 e. The van der Waals surface area contributed by atoms with Crippen LogP contribution in [0.1, 0.15) is 130 Å². The molecular formula is C26H53NO3. The highest BCUT2D eigenvalue weighted by molar-refractivity contribution is 5.70. The van der Waals surface area contributed by atoms with Crippen LogP contribution < -0.4 is 5.32 Å². The Bertz CT molecular complexity index is 333. The van der Waals surface area contributed by atoms with Crippen molar-refractivity contribution in [3.63, 3.8) is 0 Å². The second-order valence-electron chi connectivity index (χ2n) is 8.69. The minimum Gasteiger partial charge on any atom is -0.461 e. The molecule has 0 saturated heterocycles. The van der Waals surface area contributed by atoms with Crippen LogP contribution in [0, 0.1) is 0 Å². The number of carbonyl (C=O) groups excluding carboxylic acids is 1. The highest BCUT2D eigenvalue weighted by Crippen LogP contribution is 2.17. The van der Waals surface area contributed by atoms with Gasteiger partial charge in [-0.2, -0.15) is 0 Å². The summed E-state index contributed by atoms with van der Waals surface area (Å²) in [6.45, 7) is 9.49. The first kappa shape index (κ1) is 29.4. The number of ether oxygens (including phenoxy) is 2. The molecule has 0 aromatic carbocycles. The lowest BCUT2D eigenvalue weighted by Gasteiger charge is -2.18. The predicted molar refractivity (Wildman–Crippen MR) is 129 cm³/mol. The van der Waals surface area contributed by atoms with Crippen molar-refractivity contribution in [1.29, 1.82) is 0 Å². The molecule has 0 saturated carbocycles. The summed E-state index contributed by atoms with van der Waals surface area (Å²) in [5.41, 5.74) is 0. The highest BCUT2D eigenvalue weighted by atomic mass is 16.6. The second kappa shape index (κ2) is 24.7. The largest absolute Gasteiger partial charge is 0.461 e. The molecule has 0 radical (unpaired) electrons. The topological polar surface area (TPSA) is 47.6 Å². The van der Waals surface area contributed by atoms with E-state index in [1.165, 1.54) is 83.5 Å². The van der Waals surface area contributed by atoms with E-state index in [0.717, 1.165) is 38.8 Å². The fourth-order valence-corrected chi connectivity index (χ4v) is 3.75. The molecule has 0 unspecified atom stereocenters. The Kier molecular flexibility index (Phi) is 24.2. The fourth-order valence-electron chi connectivity index (χ4n) is 3.75. The Labute approximate surface area is 188 Å². The van der Waals surface area contributed by atoms with Crippen molar-refractivity contribution in [3.8, 4) is 0 Å². The van der Waals surface area contributed by atoms with E-state index in [-0.39, 0.29) is 18.7 Å². The first-order chi connectivity index (χ1) is 14.7. The van der Waals surface area contributed by atoms with Crippen molar-refractivity contribution in [2.75, 3.05) is 26.3 Å². The lowest BCUT2D eigenvalue weighted by Crippen LogP contribution is -2.22. The molecule has 180 valence electrons. The Balaban J connectivity index is 3.96. The van der Waals surface area contributed by atoms with E-state index in [4.69, 9.17) is 9.47 Å². The summed E-state index contributed by atoms with van der Waals surface area (Å²) in [6, 6.07) is 0. The van der Waals surface area contributed by atoms with Gasteiger partial charge in [-0.05, 0) is 58.0 Å². The zero-order valence-electron chi connectivity index (χ0n) is 20.7. The van der Waals surface area contributed by atoms with Gasteiger partial charge < -0.3 is 14.8 Å². The van der Waals surface area contributed by atoms with Gasteiger partial charge in [0.05, 0.1) is 0 Å². The molecule has 30 heavy (non-hydrogen) atoms. The number of carbonyl (C=O) groups is 1. The molecule has 4 heteroatoms. The van der Waals surface area contributed by atoms with Crippen LogP contribution in [-0.4, -0.2) is 38.4 Å². The minimum absolute atomic E-state index is 0.0820. The quantitative estimate of drug-likeness (QED) is 0.131. The van der Waals surface area contributed by atoms with Gasteiger partial charge in [0.25, 0.3) is 0 Å². The normalized spacial score (nSPS) is 11.3. The summed E-state index contributed by atoms with van der Waals surface area (Å²) in [7, 11) is 0. The van der Waals surface area contributed by atoms with Crippen molar-refractivity contribution in [3.05, 3.63) is 0 Å². The maximum atomic E-state index is 12.2. The molecule has 0 aliphatic carbocycles. The molecule has 0 spiro atoms. The van der Waals surface area contributed by atoms with Crippen LogP contribution in [0.25, 0.3) is 0 Å². The Morgan fingerprint density at radius 3 is 1.80 bits per heavy atom. The van der Waals surface area contributed by atoms with Gasteiger partial charge >= 0.3 is 5.97 Å². The monoisotopic (exact) mass is 427 g/mol. The van der Waals surface area contributed by atoms with E-state index in [0.29, 0.717) is 6.61 Å². The lowest BCUT2D eigenvalue weighted by molar-refractivity contribution is -0.155. The number of unbranched alkanes of at least 4 members (excludes halogenated alkanes) is 12. The zero-order valence-corrected chi connectivity index (χ0v) is 20.7. The summed E-state index contributed by atoms with van der Waals surface area (Å²) in [4.78, 5) is 12.2. The number of hydrogen-bond acceptors (Lipinski definition) is 4. The third-order valence-electron chi connectivity index (χ3n) is 5.67. The first-order valence-electron chi connectivity index (χ1n) is 13.2. The van der Waals surface area contributed by atoms with Crippen molar-refractivity contribution >= 4 is 5.97 Å². The van der Waals surface area contributed by atoms with Crippen LogP contribution in [0.3, 0.4) is 0 Å². The third kappa shape index (κ3) is 22.1. The molecule has 0 fully saturated rings. The van der Waals surface area contributed by atoms with Crippen molar-refractivity contribution < 1.29 is 14.3 Å². The van der Waals surface area contributed by atoms with Crippen molar-refractivity contribution in [2.45, 2.75) is 136 Å². The summed E-state index contributed by atoms with van der Waals surface area (Å²) in [6.07, 6.45) is 20.8. The summed E-state index contributed by atoms with van der Waals surface area (Å²) < 4.78 is 11.3. The Morgan fingerprint density at radius 1 is 0.700 bits per heavy atom. The van der Waals surface area contributed by atoms with Gasteiger partial charge in [-0.3, -0.25) is 0 Å². The lowest BCUT2D eigenvalue weighted by atomic mass is 10.0. The van der Waals surface area contributed by atoms with E-state index < -0.39 is 0 Å². The smallest absolute Gasteiger partial charge is 0.332 e. The van der Waals surface area contributed by atoms with Gasteiger partial charge in [0.1, 0.15) is 12.7 Å². The molecule has 4 nitrogen and oxygen atoms in total. The molecule has 0 aromatic heterocycles. The summed E-state index contributed by atoms with van der Waals surface area (Å²) >= 11 is 0. The van der Waals surface area contributed by atoms with Crippen LogP contribution >= 0.6 is 0 Å². The molecule has 0 heterocycles. The van der Waals surface area contributed by atoms with E-state index in [1.54, 1.807) is 0 Å². The average Bonchev–Trinajstić information content (AvgIpc) is 2.74. The van der Waals surface area contributed by atoms with Crippen molar-refractivity contribution in [1.82, 2.24) is 5.32 Å². The van der Waals surface area contributed by atoms with Gasteiger partial charge in [0.2, 0.25) is 0 Å². The van der Waals surface area contributed by atoms with E-state index in [1.807, 2.05) is 0 Å². The SMILES string of the molecule is CCCCCCCCC(CCCCCCCC)OC(=O)COCCCCCNCC. The van der Waals surface area contributed by atoms with Crippen LogP contribution in [0.4, 0.5) is 0 Å². The summed E-state index contributed by atoms with van der Waals surface area (Å²) in [5.74, 6) is -0.176. The maximum absolute atomic E-state index is 12.2. The van der Waals surface area contributed by atoms with E-state index in [9.17, 15) is 4.79 Å². The summed E-state index contributed by atoms with van der Waals surface area (Å²) in [5, 5.41) is 3.33. The second-order valence-corrected chi connectivity index (χ2v) is 8.69. The van der Waals surface area contributed by atoms with E-state index >= 15 is 0 Å². The van der Waals surface area contributed by atoms with Gasteiger partial charge in [0, 0.05) is 6.61 Å². The highest BCUT2D eigenvalue weighted by Gasteiger charge is 2.14. The first-order valence-corrected chi connectivity index (χ1v) is 13.2. The van der Waals surface area contributed by atoms with Crippen LogP contribution in [0.2, 0.25) is 0 Å². The van der Waals surface area contributed by atoms with Crippen LogP contribution in [0.15, 0.2) is 0 Å². The molecule has 0 atom stereocenters. The molecule has 0 aliphatic heterocycles. The Hall–Kier alpha value is -0.610. The molecule has 0 rings (SSSR count). The standard InChI is InChI=1S/C26H53NO3/c1-4-7-9-11-13-16-20-25(21-17-14-12-10-8-5-2)30-26(28)24-29-23-19-15-18-22-27-6-3/h25,27H,4-24H2,1-3H3. The molecule has 0 aliphatic rings. The van der Waals surface area contributed by atoms with Crippen LogP contribution in [0.5, 0.6) is 0 Å². The predicted octanol–water partition coefficient (Wildman–Crippen LogP) is 7.20. The molecule has 1 N–H and O–H groups in total. The molecule has 0 aromatic rings. The molecule has 0 bridgehead atoms. The number of hydrogen-bond donors (Lipinski definition) is 1. The fraction of sp³-hybridized carbons (Fsp3) is 0.962. The third-order valence-corrected chi connectivity index (χ3v) is 5.67. The number of esters is 1. The minimum atomic E-state index is -0.176. The number of nitrogens with one attached hydrogen (secondary N) is 1. The van der Waals surface area contributed by atoms with E-state index in [2.05, 4.69) is 26.1 Å². The molecular weight excluding hydrogens is 374 g/mol. The van der Waals surface area contributed by atoms with Gasteiger partial charge in [-0.15, -0.1) is 0 Å². The van der Waals surface area contributed by atoms with Gasteiger partial charge in [-0.25, -0.2) is 4.79 Å². The van der Waals surface area contributed by atoms with Crippen molar-refractivity contribution in [2.24, 2.45) is 0 Å². The molecule has 0 amide bonds. The van der Waals surface area contributed by atoms with Crippen LogP contribution in [-0.2, 0) is 14.3 Å². The van der Waals surface area contributed by atoms with Gasteiger partial charge in [-0.1, -0.05) is 85.0 Å². The average molecular weight is 428 g/mol. The zero-order chi connectivity index (χ0) is 22.1. The van der Waals surface area contributed by atoms with Gasteiger partial charge in [0.15, 0.2) is 0 Å². The number of rotatable bonds is 24. The Morgan fingerprint density at radius 2 is 1.23 bits per heavy atom.